The molecule has 14 nitrogen and oxygen atoms in total. The number of quaternary nitrogens is 1. The number of allylic oxidation sites excluding steroid dienone is 1. The number of thiazole rings is 1. The van der Waals surface area contributed by atoms with Gasteiger partial charge in [-0.1, -0.05) is 11.2 Å². The number of fused-ring (bicyclic) bond motifs is 1. The minimum atomic E-state index is -1.57. The summed E-state index contributed by atoms with van der Waals surface area (Å²) in [6.45, 7) is 8.78. The number of aromatic nitrogens is 1. The molecule has 3 N–H and O–H groups in total. The first-order valence-electron chi connectivity index (χ1n) is 13.5. The number of nitrogens with zero attached hydrogens (tertiary/aromatic N) is 4. The van der Waals surface area contributed by atoms with Crippen molar-refractivity contribution in [1.82, 2.24) is 15.2 Å². The normalized spacial score (nSPS) is 24.1. The molecule has 4 heterocycles. The first kappa shape index (κ1) is 32.4. The lowest BCUT2D eigenvalue weighted by Gasteiger charge is -2.50. The smallest absolute Gasteiger partial charge is 0.353 e. The number of anilines is 1. The van der Waals surface area contributed by atoms with Crippen LogP contribution in [-0.4, -0.2) is 99.1 Å². The molecule has 3 atom stereocenters. The minimum Gasteiger partial charge on any atom is -0.543 e. The highest BCUT2D eigenvalue weighted by Crippen LogP contribution is 2.40. The number of carbonyl (C=O) groups is 4. The predicted molar refractivity (Wildman–Crippen MR) is 157 cm³/mol. The van der Waals surface area contributed by atoms with Crippen molar-refractivity contribution in [3.63, 3.8) is 0 Å². The van der Waals surface area contributed by atoms with E-state index in [9.17, 15) is 24.3 Å². The lowest BCUT2D eigenvalue weighted by molar-refractivity contribution is -1.06. The van der Waals surface area contributed by atoms with Gasteiger partial charge in [-0.25, -0.2) is 9.78 Å². The van der Waals surface area contributed by atoms with Crippen LogP contribution in [0.2, 0.25) is 0 Å². The molecule has 2 amide bonds. The maximum absolute atomic E-state index is 13.4. The Bertz CT molecular complexity index is 1410. The Balaban J connectivity index is 1.51. The molecule has 0 bridgehead atoms. The third-order valence-corrected chi connectivity index (χ3v) is 8.57. The van der Waals surface area contributed by atoms with Gasteiger partial charge in [0.15, 0.2) is 10.8 Å². The number of carboxylic acids is 1. The van der Waals surface area contributed by atoms with E-state index in [1.165, 1.54) is 31.0 Å². The van der Waals surface area contributed by atoms with Crippen molar-refractivity contribution in [3.05, 3.63) is 34.5 Å². The number of hydroxylamine groups is 3. The molecule has 0 aromatic carbocycles. The molecule has 0 radical (unpaired) electrons. The molecule has 234 valence electrons. The maximum Gasteiger partial charge on any atom is 0.353 e. The van der Waals surface area contributed by atoms with Gasteiger partial charge in [-0.3, -0.25) is 14.5 Å². The molecule has 3 aliphatic rings. The fraction of sp³-hybridized carbons (Fsp3) is 0.556. The largest absolute Gasteiger partial charge is 0.543 e. The first-order chi connectivity index (χ1) is 19.9. The summed E-state index contributed by atoms with van der Waals surface area (Å²) in [5, 5.41) is 19.6. The molecule has 43 heavy (non-hydrogen) atoms. The summed E-state index contributed by atoms with van der Waals surface area (Å²) in [6, 6.07) is -1.06. The first-order valence-corrected chi connectivity index (χ1v) is 15.4. The summed E-state index contributed by atoms with van der Waals surface area (Å²) in [5.41, 5.74) is 3.32. The van der Waals surface area contributed by atoms with Crippen LogP contribution >= 0.6 is 23.1 Å². The summed E-state index contributed by atoms with van der Waals surface area (Å²) in [6.07, 6.45) is 4.03. The van der Waals surface area contributed by atoms with E-state index in [0.717, 1.165) is 29.2 Å². The second kappa shape index (κ2) is 11.9. The van der Waals surface area contributed by atoms with Crippen molar-refractivity contribution in [2.75, 3.05) is 32.1 Å². The lowest BCUT2D eigenvalue weighted by Crippen LogP contribution is -2.71. The quantitative estimate of drug-likeness (QED) is 0.125. The standard InChI is InChI=1S/C27H36N6O8S2/c1-26(2,3)39-24(38)27(4,5)41-31-17(16-13-43-25(28)29-16)20(34)30-18-21(35)32-19(23(36)37)14(12-42-22(18)32)8-9-15-10-11-33(6,7)40-15/h8-9,13,15,18,22H,10-12H2,1-7H3,(H3-,28,29,30,34,36,37)/b9-8+,31-17-/t15?,18-,22-/m1/s1. The molecule has 2 saturated heterocycles. The zero-order chi connectivity index (χ0) is 31.9. The van der Waals surface area contributed by atoms with Crippen LogP contribution in [0.25, 0.3) is 0 Å². The topological polar surface area (TPSA) is 186 Å². The van der Waals surface area contributed by atoms with Gasteiger partial charge in [-0.15, -0.1) is 23.1 Å². The van der Waals surface area contributed by atoms with Crippen LogP contribution in [0.3, 0.4) is 0 Å². The molecule has 0 spiro atoms. The van der Waals surface area contributed by atoms with Crippen molar-refractivity contribution in [3.8, 4) is 0 Å². The summed E-state index contributed by atoms with van der Waals surface area (Å²) in [5.74, 6) is -3.39. The van der Waals surface area contributed by atoms with Gasteiger partial charge in [0.1, 0.15) is 35.4 Å². The summed E-state index contributed by atoms with van der Waals surface area (Å²) < 4.78 is 5.77. The number of oxime groups is 1. The maximum atomic E-state index is 13.4. The number of aliphatic carboxylic acids is 1. The molecule has 3 aliphatic heterocycles. The van der Waals surface area contributed by atoms with E-state index < -0.39 is 46.4 Å². The summed E-state index contributed by atoms with van der Waals surface area (Å²) in [7, 11) is 3.86. The number of thioether (sulfide) groups is 1. The van der Waals surface area contributed by atoms with Gasteiger partial charge in [0.05, 0.1) is 25.8 Å². The Labute approximate surface area is 257 Å². The van der Waals surface area contributed by atoms with Crippen LogP contribution in [0.5, 0.6) is 0 Å². The number of nitrogen functional groups attached to an aromatic ring is 1. The fourth-order valence-corrected chi connectivity index (χ4v) is 6.30. The number of nitrogens with two attached hydrogens (primary N) is 1. The molecule has 0 saturated carbocycles. The van der Waals surface area contributed by atoms with E-state index in [1.54, 1.807) is 32.9 Å². The number of carbonyl (C=O) groups excluding carboxylic acids is 4. The van der Waals surface area contributed by atoms with Crippen LogP contribution in [0.1, 0.15) is 46.7 Å². The van der Waals surface area contributed by atoms with Gasteiger partial charge >= 0.3 is 5.97 Å². The highest BCUT2D eigenvalue weighted by molar-refractivity contribution is 8.00. The molecule has 1 aromatic heterocycles. The van der Waals surface area contributed by atoms with E-state index in [2.05, 4.69) is 15.5 Å². The average Bonchev–Trinajstić information content (AvgIpc) is 3.48. The van der Waals surface area contributed by atoms with Gasteiger partial charge in [-0.05, 0) is 46.3 Å². The number of carboxylic acid groups (broad SMARTS) is 1. The van der Waals surface area contributed by atoms with E-state index in [0.29, 0.717) is 10.2 Å². The third kappa shape index (κ3) is 7.37. The van der Waals surface area contributed by atoms with Crippen molar-refractivity contribution in [2.24, 2.45) is 5.16 Å². The molecule has 1 aromatic rings. The summed E-state index contributed by atoms with van der Waals surface area (Å²) in [4.78, 5) is 67.9. The minimum absolute atomic E-state index is 0.0681. The molecular formula is C27H36N6O8S2. The van der Waals surface area contributed by atoms with Gasteiger partial charge in [0.25, 0.3) is 11.8 Å². The number of amides is 2. The Kier molecular flexibility index (Phi) is 8.98. The third-order valence-electron chi connectivity index (χ3n) is 6.60. The molecule has 2 fully saturated rings. The monoisotopic (exact) mass is 636 g/mol. The van der Waals surface area contributed by atoms with Crippen molar-refractivity contribution >= 4 is 57.7 Å². The number of ether oxygens (including phenoxy) is 1. The van der Waals surface area contributed by atoms with Gasteiger partial charge < -0.3 is 30.5 Å². The summed E-state index contributed by atoms with van der Waals surface area (Å²) >= 11 is 2.35. The zero-order valence-electron chi connectivity index (χ0n) is 25.0. The Morgan fingerprint density at radius 3 is 2.53 bits per heavy atom. The van der Waals surface area contributed by atoms with E-state index >= 15 is 0 Å². The number of hydrogen-bond acceptors (Lipinski definition) is 13. The van der Waals surface area contributed by atoms with Crippen LogP contribution in [0.15, 0.2) is 34.0 Å². The van der Waals surface area contributed by atoms with E-state index in [1.807, 2.05) is 14.1 Å². The van der Waals surface area contributed by atoms with Crippen LogP contribution in [-0.2, 0) is 33.6 Å². The second-order valence-corrected chi connectivity index (χ2v) is 14.2. The number of esters is 1. The van der Waals surface area contributed by atoms with Gasteiger partial charge in [0.2, 0.25) is 5.60 Å². The Morgan fingerprint density at radius 1 is 1.28 bits per heavy atom. The molecule has 16 heteroatoms. The highest BCUT2D eigenvalue weighted by Gasteiger charge is 2.53. The van der Waals surface area contributed by atoms with Crippen molar-refractivity contribution in [1.29, 1.82) is 0 Å². The van der Waals surface area contributed by atoms with Crippen LogP contribution in [0, 0.1) is 0 Å². The average molecular weight is 637 g/mol. The van der Waals surface area contributed by atoms with Crippen molar-refractivity contribution in [2.45, 2.75) is 69.8 Å². The molecular weight excluding hydrogens is 600 g/mol. The van der Waals surface area contributed by atoms with E-state index in [4.69, 9.17) is 20.1 Å². The van der Waals surface area contributed by atoms with Gasteiger partial charge in [-0.2, -0.15) is 9.48 Å². The molecule has 4 rings (SSSR count). The van der Waals surface area contributed by atoms with Crippen LogP contribution < -0.4 is 16.2 Å². The zero-order valence-corrected chi connectivity index (χ0v) is 26.7. The SMILES string of the molecule is CC(C)(C)OC(=O)C(C)(C)O/N=C(\C(=O)N[C@@H]1C(=O)N2C(C(=O)[O-])=C(/C=C/C3CC[N+](C)(C)O3)CS[C@H]12)c1csc(N)n1. The Hall–Kier alpha value is -3.47. The van der Waals surface area contributed by atoms with Crippen molar-refractivity contribution < 1.29 is 43.3 Å². The highest BCUT2D eigenvalue weighted by atomic mass is 32.2. The number of β-lactam (4-membered cyclic amide) rings is 1. The second-order valence-electron chi connectivity index (χ2n) is 12.2. The van der Waals surface area contributed by atoms with Gasteiger partial charge in [0, 0.05) is 17.6 Å². The molecule has 1 unspecified atom stereocenters. The predicted octanol–water partition coefficient (Wildman–Crippen LogP) is 0.307. The number of nitrogens with one attached hydrogen (secondary N) is 1. The Morgan fingerprint density at radius 2 is 1.98 bits per heavy atom. The number of rotatable bonds is 9. The fourth-order valence-electron chi connectivity index (χ4n) is 4.43. The van der Waals surface area contributed by atoms with E-state index in [-0.39, 0.29) is 34.1 Å². The molecule has 0 aliphatic carbocycles. The number of hydrogen-bond donors (Lipinski definition) is 2. The lowest BCUT2D eigenvalue weighted by atomic mass is 10.0. The van der Waals surface area contributed by atoms with Crippen LogP contribution in [0.4, 0.5) is 5.13 Å².